The van der Waals surface area contributed by atoms with Gasteiger partial charge in [-0.15, -0.1) is 0 Å². The van der Waals surface area contributed by atoms with Crippen LogP contribution in [0.1, 0.15) is 26.7 Å². The molecule has 0 aromatic carbocycles. The largest absolute Gasteiger partial charge is 0.386 e. The summed E-state index contributed by atoms with van der Waals surface area (Å²) in [5.74, 6) is 0. The number of aliphatic hydroxyl groups is 1. The number of nitrogens with one attached hydrogen (secondary N) is 1. The first-order valence-electron chi connectivity index (χ1n) is 5.56. The van der Waals surface area contributed by atoms with Crippen molar-refractivity contribution < 1.29 is 22.3 Å². The highest BCUT2D eigenvalue weighted by Crippen LogP contribution is 2.04. The van der Waals surface area contributed by atoms with Crippen LogP contribution in [-0.4, -0.2) is 50.0 Å². The Bertz CT molecular complexity index is 293. The minimum atomic E-state index is -3.79. The Labute approximate surface area is 101 Å². The molecule has 0 spiro atoms. The van der Waals surface area contributed by atoms with E-state index in [0.29, 0.717) is 25.9 Å². The van der Waals surface area contributed by atoms with Crippen LogP contribution in [0.15, 0.2) is 0 Å². The fourth-order valence-electron chi connectivity index (χ4n) is 1.22. The lowest BCUT2D eigenvalue weighted by molar-refractivity contribution is -0.000629. The molecule has 17 heavy (non-hydrogen) atoms. The van der Waals surface area contributed by atoms with Gasteiger partial charge in [0.2, 0.25) is 0 Å². The summed E-state index contributed by atoms with van der Waals surface area (Å²) in [6, 6.07) is 0. The molecule has 5 nitrogen and oxygen atoms in total. The van der Waals surface area contributed by atoms with Gasteiger partial charge < -0.3 is 5.11 Å². The van der Waals surface area contributed by atoms with E-state index in [9.17, 15) is 17.2 Å². The Morgan fingerprint density at radius 2 is 1.71 bits per heavy atom. The molecular formula is C9H20F2N2O3S. The van der Waals surface area contributed by atoms with Gasteiger partial charge in [0.1, 0.15) is 6.10 Å². The number of rotatable bonds is 9. The quantitative estimate of drug-likeness (QED) is 0.646. The van der Waals surface area contributed by atoms with Crippen LogP contribution < -0.4 is 4.72 Å². The van der Waals surface area contributed by atoms with Gasteiger partial charge in [-0.3, -0.25) is 0 Å². The molecular weight excluding hydrogens is 254 g/mol. The SMILES string of the molecule is CCCN(CCC)S(=O)(=O)NCC(O)C(F)F. The summed E-state index contributed by atoms with van der Waals surface area (Å²) in [4.78, 5) is 0. The van der Waals surface area contributed by atoms with Gasteiger partial charge in [-0.25, -0.2) is 8.78 Å². The molecule has 0 rings (SSSR count). The molecule has 0 aromatic rings. The standard InChI is InChI=1S/C9H20F2N2O3S/c1-3-5-13(6-4-2)17(15,16)12-7-8(14)9(10)11/h8-9,12,14H,3-7H2,1-2H3. The lowest BCUT2D eigenvalue weighted by atomic mass is 10.4. The number of aliphatic hydroxyl groups excluding tert-OH is 1. The maximum atomic E-state index is 12.0. The van der Waals surface area contributed by atoms with E-state index in [-0.39, 0.29) is 0 Å². The topological polar surface area (TPSA) is 69.6 Å². The van der Waals surface area contributed by atoms with E-state index in [1.807, 2.05) is 18.6 Å². The highest BCUT2D eigenvalue weighted by molar-refractivity contribution is 7.87. The summed E-state index contributed by atoms with van der Waals surface area (Å²) < 4.78 is 50.6. The minimum Gasteiger partial charge on any atom is -0.386 e. The van der Waals surface area contributed by atoms with Gasteiger partial charge in [-0.05, 0) is 12.8 Å². The Hall–Kier alpha value is -0.310. The maximum Gasteiger partial charge on any atom is 0.279 e. The molecule has 0 amide bonds. The third-order valence-corrected chi connectivity index (χ3v) is 3.63. The van der Waals surface area contributed by atoms with Crippen LogP contribution in [0, 0.1) is 0 Å². The number of hydrogen-bond donors (Lipinski definition) is 2. The molecule has 0 saturated carbocycles. The zero-order valence-corrected chi connectivity index (χ0v) is 10.9. The van der Waals surface area contributed by atoms with Gasteiger partial charge in [-0.2, -0.15) is 17.4 Å². The van der Waals surface area contributed by atoms with Gasteiger partial charge in [0.25, 0.3) is 16.6 Å². The van der Waals surface area contributed by atoms with Crippen molar-refractivity contribution >= 4 is 10.2 Å². The molecule has 1 unspecified atom stereocenters. The van der Waals surface area contributed by atoms with E-state index in [1.165, 1.54) is 4.31 Å². The van der Waals surface area contributed by atoms with Crippen LogP contribution in [0.25, 0.3) is 0 Å². The van der Waals surface area contributed by atoms with Crippen molar-refractivity contribution in [1.29, 1.82) is 0 Å². The smallest absolute Gasteiger partial charge is 0.279 e. The van der Waals surface area contributed by atoms with Gasteiger partial charge in [-0.1, -0.05) is 13.8 Å². The fourth-order valence-corrected chi connectivity index (χ4v) is 2.63. The van der Waals surface area contributed by atoms with Crippen LogP contribution in [-0.2, 0) is 10.2 Å². The lowest BCUT2D eigenvalue weighted by Gasteiger charge is -2.22. The van der Waals surface area contributed by atoms with Gasteiger partial charge in [0, 0.05) is 19.6 Å². The molecule has 0 aliphatic carbocycles. The van der Waals surface area contributed by atoms with Crippen molar-refractivity contribution in [3.8, 4) is 0 Å². The molecule has 0 fully saturated rings. The Morgan fingerprint density at radius 1 is 1.24 bits per heavy atom. The van der Waals surface area contributed by atoms with Crippen LogP contribution in [0.2, 0.25) is 0 Å². The van der Waals surface area contributed by atoms with E-state index < -0.39 is 29.3 Å². The summed E-state index contributed by atoms with van der Waals surface area (Å²) in [7, 11) is -3.79. The predicted octanol–water partition coefficient (Wildman–Crippen LogP) is 0.569. The molecule has 0 radical (unpaired) electrons. The van der Waals surface area contributed by atoms with Gasteiger partial charge in [0.05, 0.1) is 0 Å². The van der Waals surface area contributed by atoms with E-state index >= 15 is 0 Å². The van der Waals surface area contributed by atoms with Crippen LogP contribution in [0.3, 0.4) is 0 Å². The predicted molar refractivity (Wildman–Crippen MR) is 61.1 cm³/mol. The van der Waals surface area contributed by atoms with Gasteiger partial charge >= 0.3 is 0 Å². The van der Waals surface area contributed by atoms with Crippen molar-refractivity contribution in [1.82, 2.24) is 9.03 Å². The molecule has 1 atom stereocenters. The molecule has 104 valence electrons. The number of alkyl halides is 2. The van der Waals surface area contributed by atoms with Crippen LogP contribution in [0.5, 0.6) is 0 Å². The van der Waals surface area contributed by atoms with E-state index in [4.69, 9.17) is 5.11 Å². The normalized spacial score (nSPS) is 14.5. The van der Waals surface area contributed by atoms with E-state index in [0.717, 1.165) is 0 Å². The maximum absolute atomic E-state index is 12.0. The zero-order valence-electron chi connectivity index (χ0n) is 10.1. The number of nitrogens with zero attached hydrogens (tertiary/aromatic N) is 1. The first-order valence-corrected chi connectivity index (χ1v) is 7.00. The molecule has 0 bridgehead atoms. The van der Waals surface area contributed by atoms with Crippen LogP contribution in [0.4, 0.5) is 8.78 Å². The first-order chi connectivity index (χ1) is 7.85. The van der Waals surface area contributed by atoms with E-state index in [1.54, 1.807) is 0 Å². The second-order valence-electron chi connectivity index (χ2n) is 3.65. The molecule has 0 heterocycles. The lowest BCUT2D eigenvalue weighted by Crippen LogP contribution is -2.45. The van der Waals surface area contributed by atoms with Crippen molar-refractivity contribution in [3.63, 3.8) is 0 Å². The Morgan fingerprint density at radius 3 is 2.06 bits per heavy atom. The molecule has 0 saturated heterocycles. The highest BCUT2D eigenvalue weighted by Gasteiger charge is 2.24. The van der Waals surface area contributed by atoms with Gasteiger partial charge in [0.15, 0.2) is 0 Å². The summed E-state index contributed by atoms with van der Waals surface area (Å²) in [6.07, 6.45) is -3.66. The third-order valence-electron chi connectivity index (χ3n) is 2.05. The third kappa shape index (κ3) is 6.25. The summed E-state index contributed by atoms with van der Waals surface area (Å²) in [5.41, 5.74) is 0. The summed E-state index contributed by atoms with van der Waals surface area (Å²) in [5, 5.41) is 8.84. The van der Waals surface area contributed by atoms with Crippen molar-refractivity contribution in [3.05, 3.63) is 0 Å². The molecule has 8 heteroatoms. The Kier molecular flexibility index (Phi) is 7.77. The summed E-state index contributed by atoms with van der Waals surface area (Å²) >= 11 is 0. The molecule has 0 aliphatic heterocycles. The average molecular weight is 274 g/mol. The number of halogens is 2. The van der Waals surface area contributed by atoms with Crippen molar-refractivity contribution in [2.45, 2.75) is 39.2 Å². The van der Waals surface area contributed by atoms with Crippen molar-refractivity contribution in [2.24, 2.45) is 0 Å². The second-order valence-corrected chi connectivity index (χ2v) is 5.41. The summed E-state index contributed by atoms with van der Waals surface area (Å²) in [6.45, 7) is 3.63. The second kappa shape index (κ2) is 7.91. The molecule has 2 N–H and O–H groups in total. The average Bonchev–Trinajstić information content (AvgIpc) is 2.25. The highest BCUT2D eigenvalue weighted by atomic mass is 32.2. The fraction of sp³-hybridized carbons (Fsp3) is 1.00. The minimum absolute atomic E-state index is 0.327. The first kappa shape index (κ1) is 16.7. The number of hydrogen-bond acceptors (Lipinski definition) is 3. The van der Waals surface area contributed by atoms with E-state index in [2.05, 4.69) is 0 Å². The Balaban J connectivity index is 4.42. The monoisotopic (exact) mass is 274 g/mol. The van der Waals surface area contributed by atoms with Crippen LogP contribution >= 0.6 is 0 Å². The zero-order chi connectivity index (χ0) is 13.5. The molecule has 0 aromatic heterocycles. The van der Waals surface area contributed by atoms with Crippen molar-refractivity contribution in [2.75, 3.05) is 19.6 Å². The molecule has 0 aliphatic rings.